The van der Waals surface area contributed by atoms with Gasteiger partial charge in [0.05, 0.1) is 41.8 Å². The van der Waals surface area contributed by atoms with E-state index in [1.165, 1.54) is 0 Å². The fraction of sp³-hybridized carbons (Fsp3) is 0.500. The smallest absolute Gasteiger partial charge is 0.328 e. The molecule has 2 unspecified atom stereocenters. The van der Waals surface area contributed by atoms with Gasteiger partial charge in [-0.05, 0) is 17.7 Å². The van der Waals surface area contributed by atoms with Crippen LogP contribution in [0.3, 0.4) is 0 Å². The first kappa shape index (κ1) is 15.3. The molecule has 1 aliphatic rings. The number of fused-ring (bicyclic) bond motifs is 1. The summed E-state index contributed by atoms with van der Waals surface area (Å²) in [6.45, 7) is 1.81. The van der Waals surface area contributed by atoms with Crippen molar-refractivity contribution in [1.82, 2.24) is 9.13 Å². The number of rotatable bonds is 2. The fourth-order valence-electron chi connectivity index (χ4n) is 2.62. The van der Waals surface area contributed by atoms with Crippen LogP contribution in [0.4, 0.5) is 0 Å². The molecule has 114 valence electrons. The molecule has 0 saturated carbocycles. The Bertz CT molecular complexity index is 732. The predicted octanol–water partition coefficient (Wildman–Crippen LogP) is 2.49. The number of aromatic nitrogens is 2. The minimum atomic E-state index is -0.0340. The van der Waals surface area contributed by atoms with E-state index in [4.69, 9.17) is 9.47 Å². The maximum atomic E-state index is 12.0. The van der Waals surface area contributed by atoms with E-state index in [0.717, 1.165) is 21.1 Å². The van der Waals surface area contributed by atoms with Crippen molar-refractivity contribution in [2.45, 2.75) is 10.9 Å². The summed E-state index contributed by atoms with van der Waals surface area (Å²) in [5.41, 5.74) is 2.83. The summed E-state index contributed by atoms with van der Waals surface area (Å²) < 4.78 is 15.5. The third kappa shape index (κ3) is 2.60. The number of hydrogen-bond donors (Lipinski definition) is 0. The van der Waals surface area contributed by atoms with Gasteiger partial charge < -0.3 is 9.47 Å². The molecule has 1 aromatic carbocycles. The van der Waals surface area contributed by atoms with Gasteiger partial charge in [-0.3, -0.25) is 9.13 Å². The molecule has 0 spiro atoms. The molecular formula is C14H16Br2N2O3. The van der Waals surface area contributed by atoms with Crippen molar-refractivity contribution in [2.75, 3.05) is 19.8 Å². The maximum absolute atomic E-state index is 12.0. The van der Waals surface area contributed by atoms with Crippen molar-refractivity contribution < 1.29 is 9.47 Å². The highest BCUT2D eigenvalue weighted by Crippen LogP contribution is 2.36. The molecule has 0 N–H and O–H groups in total. The topological polar surface area (TPSA) is 45.4 Å². The quantitative estimate of drug-likeness (QED) is 0.702. The highest BCUT2D eigenvalue weighted by Gasteiger charge is 2.27. The molecule has 1 saturated heterocycles. The van der Waals surface area contributed by atoms with Gasteiger partial charge >= 0.3 is 5.69 Å². The lowest BCUT2D eigenvalue weighted by Crippen LogP contribution is -2.31. The minimum Gasteiger partial charge on any atom is -0.376 e. The number of imidazole rings is 1. The Morgan fingerprint density at radius 2 is 1.90 bits per heavy atom. The maximum Gasteiger partial charge on any atom is 0.328 e. The Balaban J connectivity index is 2.08. The standard InChI is InChI=1S/C14H16Br2N2O3/c1-17-10-5-8(13(16)12-7-20-3-4-21-12)9(15)6-11(10)18(2)14(17)19/h5-6,12-13H,3-4,7H2,1-2H3. The first-order chi connectivity index (χ1) is 10.0. The predicted molar refractivity (Wildman–Crippen MR) is 88.1 cm³/mol. The normalized spacial score (nSPS) is 20.9. The SMILES string of the molecule is Cn1c(=O)n(C)c2cc(C(Br)C3COCCO3)c(Br)cc21. The number of aryl methyl sites for hydroxylation is 2. The molecule has 21 heavy (non-hydrogen) atoms. The molecule has 1 aromatic heterocycles. The van der Waals surface area contributed by atoms with E-state index >= 15 is 0 Å². The van der Waals surface area contributed by atoms with Crippen molar-refractivity contribution in [3.63, 3.8) is 0 Å². The lowest BCUT2D eigenvalue weighted by atomic mass is 10.1. The van der Waals surface area contributed by atoms with Crippen molar-refractivity contribution in [1.29, 1.82) is 0 Å². The number of ether oxygens (including phenoxy) is 2. The van der Waals surface area contributed by atoms with Crippen molar-refractivity contribution in [3.8, 4) is 0 Å². The average Bonchev–Trinajstić information content (AvgIpc) is 2.71. The third-order valence-corrected chi connectivity index (χ3v) is 5.63. The van der Waals surface area contributed by atoms with Crippen LogP contribution in [0, 0.1) is 0 Å². The largest absolute Gasteiger partial charge is 0.376 e. The second-order valence-electron chi connectivity index (χ2n) is 5.15. The van der Waals surface area contributed by atoms with Crippen LogP contribution in [0.2, 0.25) is 0 Å². The highest BCUT2D eigenvalue weighted by atomic mass is 79.9. The van der Waals surface area contributed by atoms with Gasteiger partial charge in [0.1, 0.15) is 0 Å². The van der Waals surface area contributed by atoms with Crippen LogP contribution < -0.4 is 5.69 Å². The molecule has 0 amide bonds. The first-order valence-electron chi connectivity index (χ1n) is 6.69. The molecule has 0 aliphatic carbocycles. The zero-order valence-corrected chi connectivity index (χ0v) is 15.0. The Morgan fingerprint density at radius 1 is 1.24 bits per heavy atom. The van der Waals surface area contributed by atoms with Crippen molar-refractivity contribution in [3.05, 3.63) is 32.7 Å². The molecule has 3 rings (SSSR count). The summed E-state index contributed by atoms with van der Waals surface area (Å²) in [6.07, 6.45) is -0.0340. The zero-order valence-electron chi connectivity index (χ0n) is 11.8. The molecule has 5 nitrogen and oxygen atoms in total. The van der Waals surface area contributed by atoms with Crippen LogP contribution >= 0.6 is 31.9 Å². The monoisotopic (exact) mass is 418 g/mol. The number of benzene rings is 1. The number of alkyl halides is 1. The van der Waals surface area contributed by atoms with Gasteiger partial charge in [-0.1, -0.05) is 31.9 Å². The number of hydrogen-bond acceptors (Lipinski definition) is 3. The molecule has 1 aliphatic heterocycles. The summed E-state index contributed by atoms with van der Waals surface area (Å²) in [5, 5.41) is 0. The van der Waals surface area contributed by atoms with Gasteiger partial charge in [0.25, 0.3) is 0 Å². The number of nitrogens with zero attached hydrogens (tertiary/aromatic N) is 2. The van der Waals surface area contributed by atoms with Gasteiger partial charge in [-0.25, -0.2) is 4.79 Å². The molecule has 1 fully saturated rings. The molecular weight excluding hydrogens is 404 g/mol. The van der Waals surface area contributed by atoms with E-state index in [0.29, 0.717) is 19.8 Å². The molecule has 7 heteroatoms. The minimum absolute atomic E-state index is 0.00637. The van der Waals surface area contributed by atoms with Crippen LogP contribution in [0.15, 0.2) is 21.4 Å². The van der Waals surface area contributed by atoms with Gasteiger partial charge in [-0.2, -0.15) is 0 Å². The van der Waals surface area contributed by atoms with E-state index in [9.17, 15) is 4.79 Å². The first-order valence-corrected chi connectivity index (χ1v) is 8.40. The summed E-state index contributed by atoms with van der Waals surface area (Å²) in [4.78, 5) is 12.0. The highest BCUT2D eigenvalue weighted by molar-refractivity contribution is 9.11. The molecule has 0 bridgehead atoms. The van der Waals surface area contributed by atoms with E-state index in [1.807, 2.05) is 12.1 Å². The van der Waals surface area contributed by atoms with E-state index < -0.39 is 0 Å². The molecule has 2 atom stereocenters. The fourth-order valence-corrected chi connectivity index (χ4v) is 4.19. The number of halogens is 2. The Hall–Kier alpha value is -0.630. The average molecular weight is 420 g/mol. The second kappa shape index (κ2) is 5.87. The van der Waals surface area contributed by atoms with Crippen LogP contribution in [-0.4, -0.2) is 35.1 Å². The van der Waals surface area contributed by atoms with E-state index in [-0.39, 0.29) is 16.6 Å². The lowest BCUT2D eigenvalue weighted by Gasteiger charge is -2.27. The van der Waals surface area contributed by atoms with Gasteiger partial charge in [0.2, 0.25) is 0 Å². The van der Waals surface area contributed by atoms with Crippen LogP contribution in [0.25, 0.3) is 11.0 Å². The zero-order chi connectivity index (χ0) is 15.1. The van der Waals surface area contributed by atoms with Crippen molar-refractivity contribution in [2.24, 2.45) is 14.1 Å². The Kier molecular flexibility index (Phi) is 4.27. The molecule has 2 heterocycles. The van der Waals surface area contributed by atoms with Crippen LogP contribution in [-0.2, 0) is 23.6 Å². The Morgan fingerprint density at radius 3 is 2.52 bits per heavy atom. The van der Waals surface area contributed by atoms with E-state index in [2.05, 4.69) is 31.9 Å². The summed E-state index contributed by atoms with van der Waals surface area (Å²) in [7, 11) is 3.56. The van der Waals surface area contributed by atoms with Crippen LogP contribution in [0.5, 0.6) is 0 Å². The lowest BCUT2D eigenvalue weighted by molar-refractivity contribution is -0.0877. The van der Waals surface area contributed by atoms with Crippen LogP contribution in [0.1, 0.15) is 10.4 Å². The summed E-state index contributed by atoms with van der Waals surface area (Å²) in [6, 6.07) is 4.00. The van der Waals surface area contributed by atoms with Gasteiger partial charge in [0.15, 0.2) is 0 Å². The van der Waals surface area contributed by atoms with Crippen molar-refractivity contribution >= 4 is 42.9 Å². The molecule has 0 radical (unpaired) electrons. The third-order valence-electron chi connectivity index (χ3n) is 3.86. The Labute approximate surface area is 139 Å². The molecule has 2 aromatic rings. The second-order valence-corrected chi connectivity index (χ2v) is 6.99. The summed E-state index contributed by atoms with van der Waals surface area (Å²) >= 11 is 7.31. The van der Waals surface area contributed by atoms with Gasteiger partial charge in [0, 0.05) is 18.6 Å². The van der Waals surface area contributed by atoms with E-state index in [1.54, 1.807) is 23.2 Å². The summed E-state index contributed by atoms with van der Waals surface area (Å²) in [5.74, 6) is 0. The van der Waals surface area contributed by atoms with Gasteiger partial charge in [-0.15, -0.1) is 0 Å².